The van der Waals surface area contributed by atoms with Crippen molar-refractivity contribution >= 4 is 15.8 Å². The predicted octanol–water partition coefficient (Wildman–Crippen LogP) is 2.48. The van der Waals surface area contributed by atoms with Gasteiger partial charge in [-0.3, -0.25) is 9.69 Å². The molecule has 0 spiro atoms. The van der Waals surface area contributed by atoms with Crippen LogP contribution in [0.5, 0.6) is 11.5 Å². The summed E-state index contributed by atoms with van der Waals surface area (Å²) in [5.74, 6) is 1.13. The maximum atomic E-state index is 13.2. The molecule has 0 unspecified atom stereocenters. The van der Waals surface area contributed by atoms with Crippen molar-refractivity contribution < 1.29 is 22.7 Å². The molecule has 1 saturated heterocycles. The number of piperazine rings is 1. The normalized spacial score (nSPS) is 17.8. The molecule has 9 heteroatoms. The van der Waals surface area contributed by atoms with Crippen molar-refractivity contribution in [2.75, 3.05) is 45.9 Å². The van der Waals surface area contributed by atoms with E-state index in [0.717, 1.165) is 29.9 Å². The SMILES string of the molecule is CCn1c(C)cc(C(=O)CN2CCN(S(=O)(=O)c3ccc4c(c3)OCCCO4)CC2)c1C. The molecule has 0 saturated carbocycles. The quantitative estimate of drug-likeness (QED) is 0.615. The van der Waals surface area contributed by atoms with Crippen LogP contribution in [0.2, 0.25) is 0 Å². The number of carbonyl (C=O) groups is 1. The molecule has 2 aromatic rings. The zero-order valence-electron chi connectivity index (χ0n) is 19.0. The molecule has 1 aromatic carbocycles. The van der Waals surface area contributed by atoms with Crippen LogP contribution in [0.25, 0.3) is 0 Å². The smallest absolute Gasteiger partial charge is 0.243 e. The average Bonchev–Trinajstić information content (AvgIpc) is 2.93. The number of rotatable bonds is 6. The van der Waals surface area contributed by atoms with Gasteiger partial charge < -0.3 is 14.0 Å². The lowest BCUT2D eigenvalue weighted by atomic mass is 10.1. The second-order valence-electron chi connectivity index (χ2n) is 8.29. The number of aromatic nitrogens is 1. The first-order valence-electron chi connectivity index (χ1n) is 11.1. The molecule has 8 nitrogen and oxygen atoms in total. The van der Waals surface area contributed by atoms with Crippen LogP contribution in [0.1, 0.15) is 35.1 Å². The van der Waals surface area contributed by atoms with Crippen LogP contribution < -0.4 is 9.47 Å². The van der Waals surface area contributed by atoms with Gasteiger partial charge in [0.05, 0.1) is 24.7 Å². The minimum absolute atomic E-state index is 0.0806. The van der Waals surface area contributed by atoms with E-state index < -0.39 is 10.0 Å². The molecule has 1 aromatic heterocycles. The summed E-state index contributed by atoms with van der Waals surface area (Å²) < 4.78 is 41.2. The molecule has 0 aliphatic carbocycles. The van der Waals surface area contributed by atoms with Crippen LogP contribution >= 0.6 is 0 Å². The van der Waals surface area contributed by atoms with E-state index in [-0.39, 0.29) is 10.7 Å². The van der Waals surface area contributed by atoms with Crippen molar-refractivity contribution in [2.45, 2.75) is 38.6 Å². The summed E-state index contributed by atoms with van der Waals surface area (Å²) in [6.45, 7) is 9.97. The Labute approximate surface area is 189 Å². The third kappa shape index (κ3) is 4.42. The lowest BCUT2D eigenvalue weighted by molar-refractivity contribution is 0.0901. The molecule has 0 amide bonds. The Kier molecular flexibility index (Phi) is 6.60. The van der Waals surface area contributed by atoms with Crippen LogP contribution in [0.15, 0.2) is 29.2 Å². The minimum Gasteiger partial charge on any atom is -0.490 e. The van der Waals surface area contributed by atoms with Crippen molar-refractivity contribution in [3.63, 3.8) is 0 Å². The first-order valence-corrected chi connectivity index (χ1v) is 12.6. The Balaban J connectivity index is 1.40. The number of ketones is 1. The van der Waals surface area contributed by atoms with Crippen molar-refractivity contribution in [3.8, 4) is 11.5 Å². The summed E-state index contributed by atoms with van der Waals surface area (Å²) in [4.78, 5) is 15.1. The summed E-state index contributed by atoms with van der Waals surface area (Å²) >= 11 is 0. The second-order valence-corrected chi connectivity index (χ2v) is 10.2. The van der Waals surface area contributed by atoms with E-state index in [1.165, 1.54) is 4.31 Å². The summed E-state index contributed by atoms with van der Waals surface area (Å²) in [6, 6.07) is 6.73. The van der Waals surface area contributed by atoms with Crippen molar-refractivity contribution in [3.05, 3.63) is 41.2 Å². The van der Waals surface area contributed by atoms with E-state index >= 15 is 0 Å². The van der Waals surface area contributed by atoms with Gasteiger partial charge in [0.1, 0.15) is 0 Å². The van der Waals surface area contributed by atoms with Gasteiger partial charge in [0.15, 0.2) is 17.3 Å². The van der Waals surface area contributed by atoms with Crippen LogP contribution in [-0.4, -0.2) is 73.9 Å². The van der Waals surface area contributed by atoms with E-state index in [4.69, 9.17) is 9.47 Å². The van der Waals surface area contributed by atoms with Crippen LogP contribution in [-0.2, 0) is 16.6 Å². The molecule has 0 bridgehead atoms. The Hall–Kier alpha value is -2.36. The van der Waals surface area contributed by atoms with Crippen LogP contribution in [0, 0.1) is 13.8 Å². The Morgan fingerprint density at radius 1 is 1.00 bits per heavy atom. The molecule has 2 aliphatic heterocycles. The van der Waals surface area contributed by atoms with Gasteiger partial charge in [-0.2, -0.15) is 4.31 Å². The lowest BCUT2D eigenvalue weighted by Crippen LogP contribution is -2.49. The Morgan fingerprint density at radius 2 is 1.69 bits per heavy atom. The summed E-state index contributed by atoms with van der Waals surface area (Å²) in [5, 5.41) is 0. The molecule has 1 fully saturated rings. The zero-order valence-corrected chi connectivity index (χ0v) is 19.8. The summed E-state index contributed by atoms with van der Waals surface area (Å²) in [6.07, 6.45) is 0.764. The van der Waals surface area contributed by atoms with Crippen molar-refractivity contribution in [1.82, 2.24) is 13.8 Å². The van der Waals surface area contributed by atoms with Gasteiger partial charge in [-0.05, 0) is 39.0 Å². The fourth-order valence-corrected chi connectivity index (χ4v) is 5.88. The average molecular weight is 462 g/mol. The minimum atomic E-state index is -3.64. The zero-order chi connectivity index (χ0) is 22.9. The highest BCUT2D eigenvalue weighted by Crippen LogP contribution is 2.33. The molecule has 4 rings (SSSR count). The van der Waals surface area contributed by atoms with Gasteiger partial charge in [-0.15, -0.1) is 0 Å². The summed E-state index contributed by atoms with van der Waals surface area (Å²) in [5.41, 5.74) is 2.83. The molecule has 0 N–H and O–H groups in total. The third-order valence-corrected chi connectivity index (χ3v) is 8.14. The number of sulfonamides is 1. The predicted molar refractivity (Wildman–Crippen MR) is 121 cm³/mol. The van der Waals surface area contributed by atoms with Crippen molar-refractivity contribution in [1.29, 1.82) is 0 Å². The molecule has 3 heterocycles. The number of aryl methyl sites for hydroxylation is 1. The number of nitrogens with zero attached hydrogens (tertiary/aromatic N) is 3. The second kappa shape index (κ2) is 9.25. The van der Waals surface area contributed by atoms with Crippen LogP contribution in [0.3, 0.4) is 0 Å². The van der Waals surface area contributed by atoms with Gasteiger partial charge in [0.2, 0.25) is 10.0 Å². The van der Waals surface area contributed by atoms with Crippen molar-refractivity contribution in [2.24, 2.45) is 0 Å². The lowest BCUT2D eigenvalue weighted by Gasteiger charge is -2.33. The highest BCUT2D eigenvalue weighted by atomic mass is 32.2. The highest BCUT2D eigenvalue weighted by Gasteiger charge is 2.30. The fraction of sp³-hybridized carbons (Fsp3) is 0.522. The monoisotopic (exact) mass is 461 g/mol. The number of fused-ring (bicyclic) bond motifs is 1. The molecule has 2 aliphatic rings. The number of hydrogen-bond acceptors (Lipinski definition) is 6. The Bertz CT molecular complexity index is 1100. The van der Waals surface area contributed by atoms with E-state index in [1.54, 1.807) is 18.2 Å². The first kappa shape index (κ1) is 22.8. The molecular formula is C23H31N3O5S. The molecule has 32 heavy (non-hydrogen) atoms. The molecular weight excluding hydrogens is 430 g/mol. The molecule has 0 radical (unpaired) electrons. The number of hydrogen-bond donors (Lipinski definition) is 0. The molecule has 0 atom stereocenters. The van der Waals surface area contributed by atoms with Gasteiger partial charge in [0.25, 0.3) is 0 Å². The van der Waals surface area contributed by atoms with E-state index in [9.17, 15) is 13.2 Å². The first-order chi connectivity index (χ1) is 15.3. The topological polar surface area (TPSA) is 81.1 Å². The van der Waals surface area contributed by atoms with E-state index in [0.29, 0.717) is 57.4 Å². The van der Waals surface area contributed by atoms with Gasteiger partial charge in [-0.1, -0.05) is 0 Å². The van der Waals surface area contributed by atoms with Gasteiger partial charge in [-0.25, -0.2) is 8.42 Å². The number of benzene rings is 1. The fourth-order valence-electron chi connectivity index (χ4n) is 4.44. The number of ether oxygens (including phenoxy) is 2. The maximum absolute atomic E-state index is 13.2. The Morgan fingerprint density at radius 3 is 2.34 bits per heavy atom. The highest BCUT2D eigenvalue weighted by molar-refractivity contribution is 7.89. The van der Waals surface area contributed by atoms with Gasteiger partial charge >= 0.3 is 0 Å². The standard InChI is InChI=1S/C23H31N3O5S/c1-4-26-17(2)14-20(18(26)3)21(27)16-24-8-10-25(11-9-24)32(28,29)19-6-7-22-23(15-19)31-13-5-12-30-22/h6-7,14-15H,4-5,8-13,16H2,1-3H3. The number of carbonyl (C=O) groups excluding carboxylic acids is 1. The molecule has 174 valence electrons. The van der Waals surface area contributed by atoms with E-state index in [1.807, 2.05) is 24.8 Å². The third-order valence-electron chi connectivity index (χ3n) is 6.25. The largest absolute Gasteiger partial charge is 0.490 e. The number of Topliss-reactive ketones (excluding diaryl/α,β-unsaturated/α-hetero) is 1. The maximum Gasteiger partial charge on any atom is 0.243 e. The van der Waals surface area contributed by atoms with E-state index in [2.05, 4.69) is 11.5 Å². The summed E-state index contributed by atoms with van der Waals surface area (Å²) in [7, 11) is -3.64. The van der Waals surface area contributed by atoms with Crippen LogP contribution in [0.4, 0.5) is 0 Å². The van der Waals surface area contributed by atoms with Gasteiger partial charge in [0, 0.05) is 62.2 Å².